The maximum Gasteiger partial charge on any atom is 0.253 e. The normalized spacial score (nSPS) is 16.8. The molecule has 0 saturated carbocycles. The molecular formula is C14H16N4O. The smallest absolute Gasteiger partial charge is 0.253 e. The van der Waals surface area contributed by atoms with Gasteiger partial charge in [-0.05, 0) is 18.2 Å². The molecule has 1 amide bonds. The number of anilines is 1. The lowest BCUT2D eigenvalue weighted by atomic mass is 9.84. The third kappa shape index (κ3) is 1.87. The number of hydrogen-bond acceptors (Lipinski definition) is 3. The molecule has 19 heavy (non-hydrogen) atoms. The van der Waals surface area contributed by atoms with Crippen molar-refractivity contribution in [3.63, 3.8) is 0 Å². The van der Waals surface area contributed by atoms with Gasteiger partial charge in [-0.25, -0.2) is 4.98 Å². The minimum absolute atomic E-state index is 0.0288. The number of pyridine rings is 1. The number of hydrogen-bond donors (Lipinski definition) is 3. The zero-order valence-corrected chi connectivity index (χ0v) is 10.9. The van der Waals surface area contributed by atoms with Gasteiger partial charge in [-0.2, -0.15) is 0 Å². The van der Waals surface area contributed by atoms with Crippen molar-refractivity contribution in [3.8, 4) is 11.3 Å². The van der Waals surface area contributed by atoms with E-state index in [1.165, 1.54) is 0 Å². The van der Waals surface area contributed by atoms with Crippen LogP contribution in [-0.2, 0) is 5.41 Å². The van der Waals surface area contributed by atoms with E-state index in [2.05, 4.69) is 29.1 Å². The van der Waals surface area contributed by atoms with Crippen LogP contribution in [0.5, 0.6) is 0 Å². The highest BCUT2D eigenvalue weighted by molar-refractivity contribution is 5.98. The maximum atomic E-state index is 11.9. The molecule has 3 heterocycles. The third-order valence-electron chi connectivity index (χ3n) is 3.52. The molecule has 0 unspecified atom stereocenters. The Kier molecular flexibility index (Phi) is 2.38. The minimum Gasteiger partial charge on any atom is -0.384 e. The number of nitrogens with two attached hydrogens (primary N) is 1. The first-order valence-electron chi connectivity index (χ1n) is 6.21. The van der Waals surface area contributed by atoms with Crippen molar-refractivity contribution >= 4 is 11.7 Å². The van der Waals surface area contributed by atoms with E-state index >= 15 is 0 Å². The van der Waals surface area contributed by atoms with Gasteiger partial charge in [0.1, 0.15) is 5.82 Å². The van der Waals surface area contributed by atoms with Gasteiger partial charge in [0.05, 0.1) is 5.56 Å². The summed E-state index contributed by atoms with van der Waals surface area (Å²) in [6.07, 6.45) is 1.66. The summed E-state index contributed by atoms with van der Waals surface area (Å²) in [6.45, 7) is 4.84. The van der Waals surface area contributed by atoms with E-state index in [1.54, 1.807) is 12.3 Å². The molecule has 0 spiro atoms. The first-order valence-corrected chi connectivity index (χ1v) is 6.21. The molecule has 0 aromatic carbocycles. The number of H-pyrrole nitrogens is 1. The summed E-state index contributed by atoms with van der Waals surface area (Å²) in [5.41, 5.74) is 9.11. The van der Waals surface area contributed by atoms with Crippen LogP contribution in [0.1, 0.15) is 29.9 Å². The van der Waals surface area contributed by atoms with Crippen molar-refractivity contribution in [1.82, 2.24) is 15.3 Å². The third-order valence-corrected chi connectivity index (χ3v) is 3.52. The van der Waals surface area contributed by atoms with Crippen LogP contribution in [-0.4, -0.2) is 22.4 Å². The van der Waals surface area contributed by atoms with Crippen LogP contribution in [0.25, 0.3) is 11.3 Å². The second-order valence-electron chi connectivity index (χ2n) is 5.51. The number of nitrogens with one attached hydrogen (secondary N) is 2. The fraction of sp³-hybridized carbons (Fsp3) is 0.286. The first-order chi connectivity index (χ1) is 8.97. The fourth-order valence-corrected chi connectivity index (χ4v) is 2.42. The van der Waals surface area contributed by atoms with Gasteiger partial charge in [-0.1, -0.05) is 13.8 Å². The highest BCUT2D eigenvalue weighted by atomic mass is 16.1. The van der Waals surface area contributed by atoms with Crippen LogP contribution >= 0.6 is 0 Å². The highest BCUT2D eigenvalue weighted by Gasteiger charge is 2.33. The van der Waals surface area contributed by atoms with Crippen molar-refractivity contribution in [2.75, 3.05) is 12.3 Å². The van der Waals surface area contributed by atoms with Crippen LogP contribution < -0.4 is 11.1 Å². The molecule has 1 aliphatic heterocycles. The predicted molar refractivity (Wildman–Crippen MR) is 73.8 cm³/mol. The molecule has 0 radical (unpaired) electrons. The monoisotopic (exact) mass is 256 g/mol. The molecule has 0 aliphatic carbocycles. The molecule has 4 N–H and O–H groups in total. The van der Waals surface area contributed by atoms with Gasteiger partial charge in [0.2, 0.25) is 0 Å². The van der Waals surface area contributed by atoms with E-state index in [1.807, 2.05) is 12.1 Å². The fourth-order valence-electron chi connectivity index (χ4n) is 2.42. The van der Waals surface area contributed by atoms with E-state index in [4.69, 9.17) is 5.73 Å². The molecule has 98 valence electrons. The number of fused-ring (bicyclic) bond motifs is 1. The molecule has 2 aromatic rings. The average Bonchev–Trinajstić information content (AvgIpc) is 2.81. The lowest BCUT2D eigenvalue weighted by Gasteiger charge is -2.29. The highest BCUT2D eigenvalue weighted by Crippen LogP contribution is 2.32. The summed E-state index contributed by atoms with van der Waals surface area (Å²) < 4.78 is 0. The number of carbonyl (C=O) groups is 1. The average molecular weight is 256 g/mol. The number of nitrogens with zero attached hydrogens (tertiary/aromatic N) is 1. The molecular weight excluding hydrogens is 240 g/mol. The van der Waals surface area contributed by atoms with E-state index in [0.29, 0.717) is 17.9 Å². The Morgan fingerprint density at radius 3 is 2.84 bits per heavy atom. The van der Waals surface area contributed by atoms with E-state index in [9.17, 15) is 4.79 Å². The zero-order chi connectivity index (χ0) is 13.6. The zero-order valence-electron chi connectivity index (χ0n) is 10.9. The van der Waals surface area contributed by atoms with Gasteiger partial charge in [-0.15, -0.1) is 0 Å². The molecule has 0 saturated heterocycles. The summed E-state index contributed by atoms with van der Waals surface area (Å²) in [5, 5.41) is 2.91. The lowest BCUT2D eigenvalue weighted by molar-refractivity contribution is 0.0929. The maximum absolute atomic E-state index is 11.9. The largest absolute Gasteiger partial charge is 0.384 e. The van der Waals surface area contributed by atoms with E-state index in [-0.39, 0.29) is 11.3 Å². The number of nitrogen functional groups attached to an aromatic ring is 1. The van der Waals surface area contributed by atoms with E-state index in [0.717, 1.165) is 17.0 Å². The molecule has 5 nitrogen and oxygen atoms in total. The van der Waals surface area contributed by atoms with Crippen molar-refractivity contribution in [3.05, 3.63) is 35.7 Å². The Labute approximate surface area is 111 Å². The Balaban J connectivity index is 2.14. The van der Waals surface area contributed by atoms with Gasteiger partial charge in [0.25, 0.3) is 5.91 Å². The molecule has 3 rings (SSSR count). The topological polar surface area (TPSA) is 83.8 Å². The van der Waals surface area contributed by atoms with Gasteiger partial charge in [-0.3, -0.25) is 4.79 Å². The number of aromatic amines is 1. The number of carbonyl (C=O) groups excluding carboxylic acids is 1. The van der Waals surface area contributed by atoms with Crippen molar-refractivity contribution < 1.29 is 4.79 Å². The predicted octanol–water partition coefficient (Wildman–Crippen LogP) is 1.68. The number of amides is 1. The van der Waals surface area contributed by atoms with Crippen LogP contribution in [0.3, 0.4) is 0 Å². The molecule has 0 fully saturated rings. The Hall–Kier alpha value is -2.30. The summed E-state index contributed by atoms with van der Waals surface area (Å²) >= 11 is 0. The molecule has 1 aliphatic rings. The summed E-state index contributed by atoms with van der Waals surface area (Å²) in [4.78, 5) is 19.2. The summed E-state index contributed by atoms with van der Waals surface area (Å²) in [7, 11) is 0. The van der Waals surface area contributed by atoms with Crippen molar-refractivity contribution in [2.45, 2.75) is 19.3 Å². The molecule has 5 heteroatoms. The number of aromatic nitrogens is 2. The standard InChI is InChI=1S/C14H16N4O/c1-14(2)7-17-13(19)9-6-10(18-12(9)14)8-3-4-16-11(15)5-8/h3-6,18H,7H2,1-2H3,(H2,15,16)(H,17,19). The second kappa shape index (κ2) is 3.85. The Bertz CT molecular complexity index is 657. The van der Waals surface area contributed by atoms with Crippen LogP contribution in [0.4, 0.5) is 5.82 Å². The van der Waals surface area contributed by atoms with Crippen molar-refractivity contribution in [2.24, 2.45) is 0 Å². The van der Waals surface area contributed by atoms with Gasteiger partial charge in [0, 0.05) is 35.1 Å². The van der Waals surface area contributed by atoms with Gasteiger partial charge < -0.3 is 16.0 Å². The van der Waals surface area contributed by atoms with Crippen LogP contribution in [0, 0.1) is 0 Å². The molecule has 0 atom stereocenters. The Morgan fingerprint density at radius 2 is 2.16 bits per heavy atom. The van der Waals surface area contributed by atoms with Gasteiger partial charge >= 0.3 is 0 Å². The lowest BCUT2D eigenvalue weighted by Crippen LogP contribution is -2.43. The molecule has 2 aromatic heterocycles. The van der Waals surface area contributed by atoms with Gasteiger partial charge in [0.15, 0.2) is 0 Å². The first kappa shape index (κ1) is 11.8. The SMILES string of the molecule is CC1(C)CNC(=O)c2cc(-c3ccnc(N)c3)[nH]c21. The van der Waals surface area contributed by atoms with Crippen molar-refractivity contribution in [1.29, 1.82) is 0 Å². The molecule has 0 bridgehead atoms. The quantitative estimate of drug-likeness (QED) is 0.725. The summed E-state index contributed by atoms with van der Waals surface area (Å²) in [5.74, 6) is 0.438. The number of rotatable bonds is 1. The van der Waals surface area contributed by atoms with E-state index < -0.39 is 0 Å². The minimum atomic E-state index is -0.0972. The van der Waals surface area contributed by atoms with Crippen LogP contribution in [0.15, 0.2) is 24.4 Å². The Morgan fingerprint density at radius 1 is 1.37 bits per heavy atom. The second-order valence-corrected chi connectivity index (χ2v) is 5.51. The summed E-state index contributed by atoms with van der Waals surface area (Å²) in [6, 6.07) is 5.54. The van der Waals surface area contributed by atoms with Crippen LogP contribution in [0.2, 0.25) is 0 Å².